The van der Waals surface area contributed by atoms with Crippen molar-refractivity contribution in [2.75, 3.05) is 0 Å². The Bertz CT molecular complexity index is 991. The number of amides is 2. The Kier molecular flexibility index (Phi) is 5.11. The van der Waals surface area contributed by atoms with Gasteiger partial charge >= 0.3 is 0 Å². The predicted octanol–water partition coefficient (Wildman–Crippen LogP) is 2.46. The van der Waals surface area contributed by atoms with Gasteiger partial charge in [-0.25, -0.2) is 9.37 Å². The van der Waals surface area contributed by atoms with E-state index >= 15 is 0 Å². The number of likely N-dealkylation sites (tertiary alicyclic amines) is 1. The summed E-state index contributed by atoms with van der Waals surface area (Å²) in [4.78, 5) is 34.0. The first-order valence-electron chi connectivity index (χ1n) is 8.65. The summed E-state index contributed by atoms with van der Waals surface area (Å²) < 4.78 is 19.3. The molecule has 4 rings (SSSR count). The Balaban J connectivity index is 1.44. The smallest absolute Gasteiger partial charge is 0.280 e. The fourth-order valence-corrected chi connectivity index (χ4v) is 3.60. The van der Waals surface area contributed by atoms with E-state index in [9.17, 15) is 14.0 Å². The summed E-state index contributed by atoms with van der Waals surface area (Å²) in [5, 5.41) is 8.59. The Morgan fingerprint density at radius 3 is 3.04 bits per heavy atom. The molecule has 1 fully saturated rings. The molecule has 0 saturated carbocycles. The summed E-state index contributed by atoms with van der Waals surface area (Å²) >= 11 is 1.23. The van der Waals surface area contributed by atoms with Gasteiger partial charge in [0.2, 0.25) is 11.8 Å². The molecule has 0 radical (unpaired) electrons. The second kappa shape index (κ2) is 7.85. The molecule has 1 aliphatic heterocycles. The number of thiazole rings is 1. The normalized spacial score (nSPS) is 16.5. The Hall–Kier alpha value is -3.14. The number of benzene rings is 1. The van der Waals surface area contributed by atoms with Crippen LogP contribution in [0, 0.1) is 5.82 Å². The Labute approximate surface area is 163 Å². The molecule has 0 unspecified atom stereocenters. The van der Waals surface area contributed by atoms with E-state index < -0.39 is 6.04 Å². The lowest BCUT2D eigenvalue weighted by Gasteiger charge is -2.22. The average Bonchev–Trinajstić information content (AvgIpc) is 3.44. The molecule has 1 saturated heterocycles. The van der Waals surface area contributed by atoms with Crippen molar-refractivity contribution in [1.82, 2.24) is 25.3 Å². The van der Waals surface area contributed by atoms with Gasteiger partial charge in [-0.15, -0.1) is 11.3 Å². The molecule has 1 N–H and O–H groups in total. The van der Waals surface area contributed by atoms with E-state index in [0.717, 1.165) is 0 Å². The van der Waals surface area contributed by atoms with Crippen LogP contribution in [0.25, 0.3) is 0 Å². The molecule has 1 aromatic carbocycles. The zero-order chi connectivity index (χ0) is 19.5. The number of nitrogens with one attached hydrogen (secondary N) is 1. The second-order valence-corrected chi connectivity index (χ2v) is 7.13. The fraction of sp³-hybridized carbons (Fsp3) is 0.278. The number of rotatable bonds is 6. The van der Waals surface area contributed by atoms with Crippen molar-refractivity contribution in [1.29, 1.82) is 0 Å². The zero-order valence-corrected chi connectivity index (χ0v) is 15.5. The van der Waals surface area contributed by atoms with E-state index in [4.69, 9.17) is 4.52 Å². The lowest BCUT2D eigenvalue weighted by atomic mass is 10.1. The van der Waals surface area contributed by atoms with Gasteiger partial charge in [0, 0.05) is 30.1 Å². The van der Waals surface area contributed by atoms with Crippen LogP contribution in [0.5, 0.6) is 0 Å². The number of carbonyl (C=O) groups is 2. The number of hydrogen-bond donors (Lipinski definition) is 1. The third-order valence-electron chi connectivity index (χ3n) is 4.43. The molecule has 2 aromatic heterocycles. The maximum atomic E-state index is 14.0. The third kappa shape index (κ3) is 3.77. The van der Waals surface area contributed by atoms with Crippen LogP contribution >= 0.6 is 11.3 Å². The van der Waals surface area contributed by atoms with Gasteiger partial charge in [0.05, 0.1) is 6.54 Å². The summed E-state index contributed by atoms with van der Waals surface area (Å²) in [7, 11) is 0. The molecule has 144 valence electrons. The van der Waals surface area contributed by atoms with Crippen LogP contribution in [-0.4, -0.2) is 31.8 Å². The standard InChI is InChI=1S/C18H16FN5O3S/c19-12-4-2-1-3-11(12)10-24-13(5-6-15(24)25)17-22-14(23-27-17)9-21-16(26)18-20-7-8-28-18/h1-4,7-8,13H,5-6,9-10H2,(H,21,26)/t13-/m0/s1. The molecule has 2 amide bonds. The number of halogens is 1. The van der Waals surface area contributed by atoms with Crippen LogP contribution in [0.2, 0.25) is 0 Å². The Morgan fingerprint density at radius 2 is 2.25 bits per heavy atom. The van der Waals surface area contributed by atoms with Gasteiger partial charge < -0.3 is 14.7 Å². The van der Waals surface area contributed by atoms with Gasteiger partial charge in [0.1, 0.15) is 11.9 Å². The van der Waals surface area contributed by atoms with Crippen molar-refractivity contribution in [2.24, 2.45) is 0 Å². The van der Waals surface area contributed by atoms with E-state index in [0.29, 0.717) is 29.2 Å². The highest BCUT2D eigenvalue weighted by atomic mass is 32.1. The van der Waals surface area contributed by atoms with Crippen LogP contribution in [0.1, 0.15) is 46.0 Å². The molecule has 3 aromatic rings. The van der Waals surface area contributed by atoms with E-state index in [2.05, 4.69) is 20.4 Å². The van der Waals surface area contributed by atoms with E-state index in [1.165, 1.54) is 17.4 Å². The first-order valence-corrected chi connectivity index (χ1v) is 9.53. The number of hydrogen-bond acceptors (Lipinski definition) is 7. The van der Waals surface area contributed by atoms with Crippen LogP contribution in [0.4, 0.5) is 4.39 Å². The molecule has 3 heterocycles. The number of carbonyl (C=O) groups excluding carboxylic acids is 2. The molecule has 0 aliphatic carbocycles. The summed E-state index contributed by atoms with van der Waals surface area (Å²) in [5.41, 5.74) is 0.429. The van der Waals surface area contributed by atoms with Gasteiger partial charge in [-0.2, -0.15) is 4.98 Å². The second-order valence-electron chi connectivity index (χ2n) is 6.24. The topological polar surface area (TPSA) is 101 Å². The Morgan fingerprint density at radius 1 is 1.39 bits per heavy atom. The molecule has 8 nitrogen and oxygen atoms in total. The van der Waals surface area contributed by atoms with Gasteiger partial charge in [0.25, 0.3) is 5.91 Å². The first-order chi connectivity index (χ1) is 13.6. The number of aromatic nitrogens is 3. The van der Waals surface area contributed by atoms with Crippen molar-refractivity contribution < 1.29 is 18.5 Å². The molecule has 0 spiro atoms. The van der Waals surface area contributed by atoms with Crippen LogP contribution < -0.4 is 5.32 Å². The minimum Gasteiger partial charge on any atom is -0.343 e. The van der Waals surface area contributed by atoms with E-state index in [1.54, 1.807) is 34.7 Å². The maximum absolute atomic E-state index is 14.0. The van der Waals surface area contributed by atoms with Gasteiger partial charge in [-0.3, -0.25) is 9.59 Å². The molecule has 28 heavy (non-hydrogen) atoms. The number of nitrogens with zero attached hydrogens (tertiary/aromatic N) is 4. The highest BCUT2D eigenvalue weighted by molar-refractivity contribution is 7.11. The molecule has 1 atom stereocenters. The van der Waals surface area contributed by atoms with Crippen molar-refractivity contribution in [3.8, 4) is 0 Å². The lowest BCUT2D eigenvalue weighted by Crippen LogP contribution is -2.28. The summed E-state index contributed by atoms with van der Waals surface area (Å²) in [6.07, 6.45) is 2.39. The predicted molar refractivity (Wildman–Crippen MR) is 96.5 cm³/mol. The first kappa shape index (κ1) is 18.2. The summed E-state index contributed by atoms with van der Waals surface area (Å²) in [5.74, 6) is -0.202. The van der Waals surface area contributed by atoms with Crippen LogP contribution in [-0.2, 0) is 17.9 Å². The molecule has 10 heteroatoms. The highest BCUT2D eigenvalue weighted by Crippen LogP contribution is 2.33. The van der Waals surface area contributed by atoms with E-state index in [1.807, 2.05) is 0 Å². The fourth-order valence-electron chi connectivity index (χ4n) is 3.04. The summed E-state index contributed by atoms with van der Waals surface area (Å²) in [6.45, 7) is 0.213. The lowest BCUT2D eigenvalue weighted by molar-refractivity contribution is -0.130. The quantitative estimate of drug-likeness (QED) is 0.681. The van der Waals surface area contributed by atoms with Gasteiger partial charge in [-0.1, -0.05) is 23.4 Å². The van der Waals surface area contributed by atoms with Crippen molar-refractivity contribution in [2.45, 2.75) is 32.0 Å². The highest BCUT2D eigenvalue weighted by Gasteiger charge is 2.36. The maximum Gasteiger partial charge on any atom is 0.280 e. The van der Waals surface area contributed by atoms with Gasteiger partial charge in [0.15, 0.2) is 10.8 Å². The average molecular weight is 401 g/mol. The van der Waals surface area contributed by atoms with Crippen molar-refractivity contribution in [3.63, 3.8) is 0 Å². The molecular weight excluding hydrogens is 385 g/mol. The minimum absolute atomic E-state index is 0.0793. The third-order valence-corrected chi connectivity index (χ3v) is 5.20. The molecule has 0 bridgehead atoms. The molecular formula is C18H16FN5O3S. The van der Waals surface area contributed by atoms with Crippen LogP contribution in [0.3, 0.4) is 0 Å². The largest absolute Gasteiger partial charge is 0.343 e. The van der Waals surface area contributed by atoms with Crippen molar-refractivity contribution >= 4 is 23.2 Å². The zero-order valence-electron chi connectivity index (χ0n) is 14.7. The monoisotopic (exact) mass is 401 g/mol. The van der Waals surface area contributed by atoms with Gasteiger partial charge in [-0.05, 0) is 12.5 Å². The molecule has 1 aliphatic rings. The minimum atomic E-state index is -0.414. The SMILES string of the molecule is O=C(NCc1noc([C@@H]2CCC(=O)N2Cc2ccccc2F)n1)c1nccs1. The van der Waals surface area contributed by atoms with Crippen LogP contribution in [0.15, 0.2) is 40.4 Å². The van der Waals surface area contributed by atoms with Crippen molar-refractivity contribution in [3.05, 3.63) is 63.9 Å². The summed E-state index contributed by atoms with van der Waals surface area (Å²) in [6, 6.07) is 5.92. The van der Waals surface area contributed by atoms with E-state index in [-0.39, 0.29) is 36.6 Å².